The van der Waals surface area contributed by atoms with Crippen LogP contribution in [0.15, 0.2) is 24.3 Å². The monoisotopic (exact) mass is 326 g/mol. The SMILES string of the molecule is CNC(=O)OCCOc1ccc(OCC(O)CNC(C)C)cc1. The van der Waals surface area contributed by atoms with Gasteiger partial charge in [-0.3, -0.25) is 0 Å². The molecule has 0 saturated carbocycles. The van der Waals surface area contributed by atoms with Gasteiger partial charge in [0.25, 0.3) is 0 Å². The van der Waals surface area contributed by atoms with Gasteiger partial charge in [-0.05, 0) is 24.3 Å². The fourth-order valence-corrected chi connectivity index (χ4v) is 1.62. The van der Waals surface area contributed by atoms with E-state index in [4.69, 9.17) is 14.2 Å². The Kier molecular flexibility index (Phi) is 8.86. The minimum atomic E-state index is -0.560. The van der Waals surface area contributed by atoms with Crippen molar-refractivity contribution in [1.82, 2.24) is 10.6 Å². The van der Waals surface area contributed by atoms with Crippen molar-refractivity contribution in [2.75, 3.05) is 33.4 Å². The number of alkyl carbamates (subject to hydrolysis) is 1. The van der Waals surface area contributed by atoms with Gasteiger partial charge in [0.05, 0.1) is 0 Å². The van der Waals surface area contributed by atoms with Gasteiger partial charge in [0.1, 0.15) is 37.4 Å². The van der Waals surface area contributed by atoms with E-state index >= 15 is 0 Å². The Hall–Kier alpha value is -1.99. The van der Waals surface area contributed by atoms with Crippen molar-refractivity contribution in [3.63, 3.8) is 0 Å². The van der Waals surface area contributed by atoms with E-state index in [1.54, 1.807) is 24.3 Å². The lowest BCUT2D eigenvalue weighted by Gasteiger charge is -2.15. The average molecular weight is 326 g/mol. The molecule has 23 heavy (non-hydrogen) atoms. The van der Waals surface area contributed by atoms with Crippen molar-refractivity contribution in [2.24, 2.45) is 0 Å². The van der Waals surface area contributed by atoms with Crippen molar-refractivity contribution in [3.05, 3.63) is 24.3 Å². The molecule has 0 saturated heterocycles. The highest BCUT2D eigenvalue weighted by Gasteiger charge is 2.06. The minimum Gasteiger partial charge on any atom is -0.491 e. The maximum absolute atomic E-state index is 10.8. The molecule has 0 fully saturated rings. The molecule has 1 rings (SSSR count). The second-order valence-electron chi connectivity index (χ2n) is 5.23. The molecule has 0 aliphatic carbocycles. The highest BCUT2D eigenvalue weighted by atomic mass is 16.6. The first kappa shape index (κ1) is 19.1. The van der Waals surface area contributed by atoms with Crippen molar-refractivity contribution in [2.45, 2.75) is 26.0 Å². The van der Waals surface area contributed by atoms with E-state index < -0.39 is 12.2 Å². The summed E-state index contributed by atoms with van der Waals surface area (Å²) in [6.07, 6.45) is -1.04. The van der Waals surface area contributed by atoms with E-state index in [0.29, 0.717) is 24.1 Å². The third kappa shape index (κ3) is 8.90. The first-order chi connectivity index (χ1) is 11.0. The Morgan fingerprint density at radius 2 is 1.74 bits per heavy atom. The first-order valence-corrected chi connectivity index (χ1v) is 7.63. The smallest absolute Gasteiger partial charge is 0.406 e. The minimum absolute atomic E-state index is 0.174. The van der Waals surface area contributed by atoms with Crippen molar-refractivity contribution in [1.29, 1.82) is 0 Å². The van der Waals surface area contributed by atoms with Gasteiger partial charge in [0, 0.05) is 19.6 Å². The average Bonchev–Trinajstić information content (AvgIpc) is 2.55. The zero-order valence-corrected chi connectivity index (χ0v) is 13.9. The molecule has 130 valence electrons. The van der Waals surface area contributed by atoms with Crippen LogP contribution in [0, 0.1) is 0 Å². The normalized spacial score (nSPS) is 11.9. The summed E-state index contributed by atoms with van der Waals surface area (Å²) >= 11 is 0. The molecule has 1 aromatic carbocycles. The number of benzene rings is 1. The summed E-state index contributed by atoms with van der Waals surface area (Å²) in [5.74, 6) is 1.31. The summed E-state index contributed by atoms with van der Waals surface area (Å²) in [5, 5.41) is 15.3. The quantitative estimate of drug-likeness (QED) is 0.559. The molecule has 0 heterocycles. The third-order valence-electron chi connectivity index (χ3n) is 2.82. The van der Waals surface area contributed by atoms with E-state index in [9.17, 15) is 9.90 Å². The van der Waals surface area contributed by atoms with Crippen LogP contribution >= 0.6 is 0 Å². The van der Waals surface area contributed by atoms with Gasteiger partial charge in [-0.1, -0.05) is 13.8 Å². The van der Waals surface area contributed by atoms with Gasteiger partial charge < -0.3 is 30.0 Å². The van der Waals surface area contributed by atoms with E-state index in [-0.39, 0.29) is 19.8 Å². The molecular formula is C16H26N2O5. The van der Waals surface area contributed by atoms with Crippen LogP contribution in [0.4, 0.5) is 4.79 Å². The number of nitrogens with one attached hydrogen (secondary N) is 2. The second kappa shape index (κ2) is 10.7. The van der Waals surface area contributed by atoms with Gasteiger partial charge in [0.15, 0.2) is 0 Å². The summed E-state index contributed by atoms with van der Waals surface area (Å²) < 4.78 is 15.7. The van der Waals surface area contributed by atoms with Crippen molar-refractivity contribution in [3.8, 4) is 11.5 Å². The fourth-order valence-electron chi connectivity index (χ4n) is 1.62. The number of amides is 1. The Bertz CT molecular complexity index is 450. The number of ether oxygens (including phenoxy) is 3. The number of rotatable bonds is 10. The molecule has 7 nitrogen and oxygen atoms in total. The second-order valence-corrected chi connectivity index (χ2v) is 5.23. The van der Waals surface area contributed by atoms with Crippen LogP contribution in [0.5, 0.6) is 11.5 Å². The molecule has 0 radical (unpaired) electrons. The molecule has 0 aromatic heterocycles. The van der Waals surface area contributed by atoms with E-state index in [0.717, 1.165) is 0 Å². The molecule has 3 N–H and O–H groups in total. The number of hydrogen-bond donors (Lipinski definition) is 3. The van der Waals surface area contributed by atoms with Gasteiger partial charge in [-0.15, -0.1) is 0 Å². The van der Waals surface area contributed by atoms with Crippen LogP contribution in [0.2, 0.25) is 0 Å². The molecule has 7 heteroatoms. The Balaban J connectivity index is 2.23. The maximum atomic E-state index is 10.8. The van der Waals surface area contributed by atoms with Crippen LogP contribution in [-0.2, 0) is 4.74 Å². The largest absolute Gasteiger partial charge is 0.491 e. The molecule has 1 aromatic rings. The highest BCUT2D eigenvalue weighted by Crippen LogP contribution is 2.17. The number of carbonyl (C=O) groups excluding carboxylic acids is 1. The summed E-state index contributed by atoms with van der Waals surface area (Å²) in [5.41, 5.74) is 0. The standard InChI is InChI=1S/C16H26N2O5/c1-12(2)18-10-13(19)11-23-15-6-4-14(5-7-15)21-8-9-22-16(20)17-3/h4-7,12-13,18-19H,8-11H2,1-3H3,(H,17,20). The summed E-state index contributed by atoms with van der Waals surface area (Å²) in [6.45, 7) is 5.20. The van der Waals surface area contributed by atoms with Gasteiger partial charge in [-0.2, -0.15) is 0 Å². The molecule has 0 spiro atoms. The van der Waals surface area contributed by atoms with Crippen molar-refractivity contribution < 1.29 is 24.1 Å². The number of hydrogen-bond acceptors (Lipinski definition) is 6. The lowest BCUT2D eigenvalue weighted by Crippen LogP contribution is -2.35. The van der Waals surface area contributed by atoms with Gasteiger partial charge in [0.2, 0.25) is 0 Å². The maximum Gasteiger partial charge on any atom is 0.406 e. The van der Waals surface area contributed by atoms with Gasteiger partial charge >= 0.3 is 6.09 Å². The highest BCUT2D eigenvalue weighted by molar-refractivity contribution is 5.66. The molecule has 0 bridgehead atoms. The lowest BCUT2D eigenvalue weighted by molar-refractivity contribution is 0.104. The van der Waals surface area contributed by atoms with Crippen LogP contribution in [0.1, 0.15) is 13.8 Å². The molecule has 1 atom stereocenters. The summed E-state index contributed by atoms with van der Waals surface area (Å²) in [6, 6.07) is 7.37. The van der Waals surface area contributed by atoms with Gasteiger partial charge in [-0.25, -0.2) is 4.79 Å². The number of carbonyl (C=O) groups is 1. The van der Waals surface area contributed by atoms with Crippen LogP contribution < -0.4 is 20.1 Å². The Labute approximate surface area is 136 Å². The molecular weight excluding hydrogens is 300 g/mol. The number of aliphatic hydroxyl groups is 1. The van der Waals surface area contributed by atoms with Crippen LogP contribution in [0.25, 0.3) is 0 Å². The predicted molar refractivity (Wildman–Crippen MR) is 87.0 cm³/mol. The zero-order valence-electron chi connectivity index (χ0n) is 13.9. The Morgan fingerprint density at radius 3 is 2.30 bits per heavy atom. The summed E-state index contributed by atoms with van der Waals surface area (Å²) in [4.78, 5) is 10.8. The van der Waals surface area contributed by atoms with Crippen molar-refractivity contribution >= 4 is 6.09 Å². The van der Waals surface area contributed by atoms with Crippen LogP contribution in [-0.4, -0.2) is 56.8 Å². The molecule has 1 amide bonds. The van der Waals surface area contributed by atoms with E-state index in [1.165, 1.54) is 7.05 Å². The predicted octanol–water partition coefficient (Wildman–Crippen LogP) is 1.16. The first-order valence-electron chi connectivity index (χ1n) is 7.63. The molecule has 1 unspecified atom stereocenters. The Morgan fingerprint density at radius 1 is 1.13 bits per heavy atom. The number of aliphatic hydroxyl groups excluding tert-OH is 1. The van der Waals surface area contributed by atoms with E-state index in [2.05, 4.69) is 10.6 Å². The molecule has 0 aliphatic heterocycles. The molecule has 0 aliphatic rings. The van der Waals surface area contributed by atoms with Crippen LogP contribution in [0.3, 0.4) is 0 Å². The van der Waals surface area contributed by atoms with E-state index in [1.807, 2.05) is 13.8 Å². The lowest BCUT2D eigenvalue weighted by atomic mass is 10.3. The third-order valence-corrected chi connectivity index (χ3v) is 2.82. The zero-order chi connectivity index (χ0) is 17.1. The topological polar surface area (TPSA) is 89.1 Å². The fraction of sp³-hybridized carbons (Fsp3) is 0.562. The summed E-state index contributed by atoms with van der Waals surface area (Å²) in [7, 11) is 1.50.